The van der Waals surface area contributed by atoms with Gasteiger partial charge in [-0.05, 0) is 44.2 Å². The Balaban J connectivity index is 2.47. The number of ketones is 2. The molecule has 0 aliphatic heterocycles. The molecule has 0 aliphatic carbocycles. The fraction of sp³-hybridized carbons (Fsp3) is 0.452. The maximum atomic E-state index is 13.7. The number of aliphatic carboxylic acids is 1. The molecular formula is C31H40N4O6. The van der Waals surface area contributed by atoms with E-state index in [1.54, 1.807) is 60.7 Å². The van der Waals surface area contributed by atoms with E-state index in [-0.39, 0.29) is 19.3 Å². The van der Waals surface area contributed by atoms with Crippen LogP contribution in [-0.2, 0) is 32.0 Å². The molecule has 0 saturated heterocycles. The summed E-state index contributed by atoms with van der Waals surface area (Å²) in [7, 11) is 0. The van der Waals surface area contributed by atoms with Gasteiger partial charge in [0.2, 0.25) is 17.5 Å². The normalized spacial score (nSPS) is 16.2. The molecule has 6 N–H and O–H groups in total. The zero-order valence-corrected chi connectivity index (χ0v) is 23.7. The molecule has 1 unspecified atom stereocenters. The zero-order chi connectivity index (χ0) is 30.6. The summed E-state index contributed by atoms with van der Waals surface area (Å²) in [6.07, 6.45) is -0.0526. The summed E-state index contributed by atoms with van der Waals surface area (Å²) in [6, 6.07) is 14.4. The zero-order valence-electron chi connectivity index (χ0n) is 23.7. The van der Waals surface area contributed by atoms with Crippen molar-refractivity contribution in [2.75, 3.05) is 0 Å². The second-order valence-corrected chi connectivity index (χ2v) is 10.6. The van der Waals surface area contributed by atoms with Crippen LogP contribution in [0.15, 0.2) is 60.7 Å². The molecular weight excluding hydrogens is 524 g/mol. The molecule has 1 amide bonds. The fourth-order valence-electron chi connectivity index (χ4n) is 4.46. The van der Waals surface area contributed by atoms with Crippen LogP contribution in [0.2, 0.25) is 0 Å². The molecule has 0 saturated carbocycles. The lowest BCUT2D eigenvalue weighted by Crippen LogP contribution is -2.62. The predicted octanol–water partition coefficient (Wildman–Crippen LogP) is 1.93. The number of rotatable bonds is 17. The Morgan fingerprint density at radius 1 is 0.976 bits per heavy atom. The number of nitriles is 1. The van der Waals surface area contributed by atoms with Crippen LogP contribution < -0.4 is 16.4 Å². The quantitative estimate of drug-likeness (QED) is 0.179. The third kappa shape index (κ3) is 9.60. The minimum absolute atomic E-state index is 0.0119. The van der Waals surface area contributed by atoms with Crippen LogP contribution in [0.5, 0.6) is 0 Å². The van der Waals surface area contributed by atoms with Gasteiger partial charge in [-0.25, -0.2) is 0 Å². The van der Waals surface area contributed by atoms with Gasteiger partial charge in [-0.3, -0.25) is 24.5 Å². The highest BCUT2D eigenvalue weighted by molar-refractivity contribution is 6.41. The summed E-state index contributed by atoms with van der Waals surface area (Å²) >= 11 is 0. The smallest absolute Gasteiger partial charge is 0.325 e. The van der Waals surface area contributed by atoms with Crippen LogP contribution in [0.4, 0.5) is 0 Å². The van der Waals surface area contributed by atoms with Crippen LogP contribution in [0, 0.1) is 16.7 Å². The van der Waals surface area contributed by atoms with Crippen LogP contribution in [0.25, 0.3) is 0 Å². The average Bonchev–Trinajstić information content (AvgIpc) is 2.97. The number of Topliss-reactive ketones (excluding diaryl/α,β-unsaturated/α-hetero) is 2. The minimum Gasteiger partial charge on any atom is -0.480 e. The molecule has 10 nitrogen and oxygen atoms in total. The first-order chi connectivity index (χ1) is 19.4. The number of hydrogen-bond donors (Lipinski definition) is 5. The van der Waals surface area contributed by atoms with E-state index in [2.05, 4.69) is 16.7 Å². The average molecular weight is 565 g/mol. The molecule has 0 fully saturated rings. The van der Waals surface area contributed by atoms with Crippen LogP contribution in [0.3, 0.4) is 0 Å². The first kappa shape index (κ1) is 33.3. The van der Waals surface area contributed by atoms with Gasteiger partial charge >= 0.3 is 5.97 Å². The molecule has 41 heavy (non-hydrogen) atoms. The molecule has 6 atom stereocenters. The van der Waals surface area contributed by atoms with E-state index in [9.17, 15) is 34.7 Å². The van der Waals surface area contributed by atoms with Crippen molar-refractivity contribution in [1.82, 2.24) is 10.6 Å². The Kier molecular flexibility index (Phi) is 12.8. The number of carboxylic acid groups (broad SMARTS) is 1. The first-order valence-corrected chi connectivity index (χ1v) is 13.7. The lowest BCUT2D eigenvalue weighted by molar-refractivity contribution is -0.143. The van der Waals surface area contributed by atoms with E-state index in [4.69, 9.17) is 5.73 Å². The first-order valence-electron chi connectivity index (χ1n) is 13.7. The van der Waals surface area contributed by atoms with Crippen molar-refractivity contribution in [2.45, 2.75) is 83.1 Å². The molecule has 0 bridgehead atoms. The Hall–Kier alpha value is -3.91. The van der Waals surface area contributed by atoms with Crippen molar-refractivity contribution in [3.63, 3.8) is 0 Å². The number of carboxylic acids is 1. The van der Waals surface area contributed by atoms with E-state index in [1.807, 2.05) is 6.92 Å². The van der Waals surface area contributed by atoms with Gasteiger partial charge in [0.05, 0.1) is 29.7 Å². The van der Waals surface area contributed by atoms with Crippen LogP contribution in [-0.4, -0.2) is 63.9 Å². The minimum atomic E-state index is -1.68. The topological polar surface area (TPSA) is 183 Å². The Morgan fingerprint density at radius 3 is 2.00 bits per heavy atom. The Bertz CT molecular complexity index is 1220. The maximum absolute atomic E-state index is 13.7. The van der Waals surface area contributed by atoms with Gasteiger partial charge in [0.1, 0.15) is 12.1 Å². The lowest BCUT2D eigenvalue weighted by atomic mass is 9.76. The molecule has 0 heterocycles. The maximum Gasteiger partial charge on any atom is 0.325 e. The molecule has 0 spiro atoms. The van der Waals surface area contributed by atoms with Crippen molar-refractivity contribution in [1.29, 1.82) is 5.26 Å². The number of amides is 1. The van der Waals surface area contributed by atoms with Gasteiger partial charge in [0.15, 0.2) is 0 Å². The molecule has 0 aliphatic rings. The highest BCUT2D eigenvalue weighted by Crippen LogP contribution is 2.30. The molecule has 2 rings (SSSR count). The van der Waals surface area contributed by atoms with E-state index in [0.717, 1.165) is 12.0 Å². The number of benzene rings is 2. The van der Waals surface area contributed by atoms with Crippen molar-refractivity contribution in [3.8, 4) is 6.07 Å². The predicted molar refractivity (Wildman–Crippen MR) is 153 cm³/mol. The lowest BCUT2D eigenvalue weighted by Gasteiger charge is -2.35. The number of hydrogen-bond acceptors (Lipinski definition) is 8. The summed E-state index contributed by atoms with van der Waals surface area (Å²) in [6.45, 7) is 4.71. The summed E-state index contributed by atoms with van der Waals surface area (Å²) in [4.78, 5) is 51.7. The Labute approximate surface area is 240 Å². The van der Waals surface area contributed by atoms with Gasteiger partial charge < -0.3 is 21.3 Å². The number of aliphatic hydroxyl groups excluding tert-OH is 1. The summed E-state index contributed by atoms with van der Waals surface area (Å²) in [5, 5.41) is 36.0. The number of nitrogens with two attached hydrogens (primary N) is 1. The third-order valence-electron chi connectivity index (χ3n) is 7.14. The highest BCUT2D eigenvalue weighted by Gasteiger charge is 2.45. The SMILES string of the molecule is CCCC[C@@](C)(C#N)[C@H](O)C(N[C@H](Cc1ccccc1)C(=O)N[C@H](C)C(=O)O)C(=O)C(=O)[C@@H](N)Cc1ccccc1. The van der Waals surface area contributed by atoms with E-state index >= 15 is 0 Å². The third-order valence-corrected chi connectivity index (χ3v) is 7.14. The fourth-order valence-corrected chi connectivity index (χ4v) is 4.46. The Morgan fingerprint density at radius 2 is 1.51 bits per heavy atom. The molecule has 220 valence electrons. The van der Waals surface area contributed by atoms with Crippen molar-refractivity contribution < 1.29 is 29.4 Å². The van der Waals surface area contributed by atoms with Gasteiger partial charge in [0.25, 0.3) is 0 Å². The number of unbranched alkanes of at least 4 members (excludes halogenated alkanes) is 1. The summed E-state index contributed by atoms with van der Waals surface area (Å²) in [5.74, 6) is -4.03. The second kappa shape index (κ2) is 15.8. The molecule has 10 heteroatoms. The standard InChI is InChI=1S/C31H40N4O6/c1-4-5-16-31(3,19-32)28(38)25(27(37)26(36)23(33)17-21-12-8-6-9-13-21)35-24(18-22-14-10-7-11-15-22)29(39)34-20(2)30(40)41/h6-15,20,23-25,28,35,38H,4-5,16-18,33H2,1-3H3,(H,34,39)(H,40,41)/t20-,23+,24-,25?,28-,31+/m1/s1. The van der Waals surface area contributed by atoms with E-state index < -0.39 is 59.1 Å². The van der Waals surface area contributed by atoms with Crippen molar-refractivity contribution in [2.24, 2.45) is 11.1 Å². The number of nitrogens with one attached hydrogen (secondary N) is 2. The van der Waals surface area contributed by atoms with Gasteiger partial charge in [-0.15, -0.1) is 0 Å². The molecule has 2 aromatic rings. The van der Waals surface area contributed by atoms with Crippen molar-refractivity contribution >= 4 is 23.4 Å². The largest absolute Gasteiger partial charge is 0.480 e. The summed E-state index contributed by atoms with van der Waals surface area (Å²) < 4.78 is 0. The van der Waals surface area contributed by atoms with Gasteiger partial charge in [0, 0.05) is 0 Å². The highest BCUT2D eigenvalue weighted by atomic mass is 16.4. The monoisotopic (exact) mass is 564 g/mol. The number of carbonyl (C=O) groups excluding carboxylic acids is 3. The van der Waals surface area contributed by atoms with E-state index in [1.165, 1.54) is 13.8 Å². The number of aliphatic hydroxyl groups is 1. The van der Waals surface area contributed by atoms with Crippen LogP contribution in [0.1, 0.15) is 51.2 Å². The van der Waals surface area contributed by atoms with Crippen LogP contribution >= 0.6 is 0 Å². The molecule has 0 radical (unpaired) electrons. The number of nitrogens with zero attached hydrogens (tertiary/aromatic N) is 1. The van der Waals surface area contributed by atoms with Gasteiger partial charge in [-0.1, -0.05) is 80.4 Å². The second-order valence-electron chi connectivity index (χ2n) is 10.6. The van der Waals surface area contributed by atoms with Gasteiger partial charge in [-0.2, -0.15) is 5.26 Å². The molecule has 2 aromatic carbocycles. The molecule has 0 aromatic heterocycles. The van der Waals surface area contributed by atoms with E-state index in [0.29, 0.717) is 12.0 Å². The summed E-state index contributed by atoms with van der Waals surface area (Å²) in [5.41, 5.74) is 6.12. The van der Waals surface area contributed by atoms with Crippen molar-refractivity contribution in [3.05, 3.63) is 71.8 Å². The number of carbonyl (C=O) groups is 4.